The maximum atomic E-state index is 12.9. The van der Waals surface area contributed by atoms with E-state index in [1.165, 1.54) is 32.6 Å². The molecular formula is C21H27BrN2O5S. The molecule has 1 amide bonds. The third-order valence-corrected chi connectivity index (χ3v) is 9.39. The number of benzene rings is 1. The van der Waals surface area contributed by atoms with Gasteiger partial charge in [0.15, 0.2) is 6.61 Å². The first-order valence-electron chi connectivity index (χ1n) is 10.2. The number of carbonyl (C=O) groups excluding carboxylic acids is 2. The zero-order valence-electron chi connectivity index (χ0n) is 17.2. The van der Waals surface area contributed by atoms with Gasteiger partial charge >= 0.3 is 5.97 Å². The topological polar surface area (TPSA) is 92.8 Å². The van der Waals surface area contributed by atoms with E-state index in [2.05, 4.69) is 21.2 Å². The van der Waals surface area contributed by atoms with Crippen LogP contribution >= 0.6 is 15.9 Å². The lowest BCUT2D eigenvalue weighted by atomic mass is 9.49. The fraction of sp³-hybridized carbons (Fsp3) is 0.619. The van der Waals surface area contributed by atoms with Gasteiger partial charge in [-0.25, -0.2) is 12.7 Å². The Kier molecular flexibility index (Phi) is 5.51. The van der Waals surface area contributed by atoms with Crippen LogP contribution in [0.4, 0.5) is 5.69 Å². The van der Waals surface area contributed by atoms with E-state index < -0.39 is 21.3 Å². The molecule has 7 nitrogen and oxygen atoms in total. The molecule has 0 aliphatic heterocycles. The SMILES string of the molecule is CN(C)S(=O)(=O)c1cccc(NC(=O)COC(=O)C23C[C@H]4C[C@@H](CC(Br)(C4)C2)C3)c1. The minimum absolute atomic E-state index is 0.0384. The molecule has 1 aromatic carbocycles. The van der Waals surface area contributed by atoms with Gasteiger partial charge in [0, 0.05) is 24.1 Å². The van der Waals surface area contributed by atoms with Crippen molar-refractivity contribution in [3.05, 3.63) is 24.3 Å². The second-order valence-corrected chi connectivity index (χ2v) is 13.2. The highest BCUT2D eigenvalue weighted by molar-refractivity contribution is 9.10. The first-order chi connectivity index (χ1) is 14.0. The molecule has 1 aromatic rings. The van der Waals surface area contributed by atoms with E-state index in [0.717, 1.165) is 36.4 Å². The average molecular weight is 499 g/mol. The molecule has 0 radical (unpaired) electrons. The van der Waals surface area contributed by atoms with E-state index in [-0.39, 0.29) is 21.8 Å². The summed E-state index contributed by atoms with van der Waals surface area (Å²) < 4.78 is 31.1. The molecule has 9 heteroatoms. The second kappa shape index (κ2) is 7.60. The van der Waals surface area contributed by atoms with Gasteiger partial charge < -0.3 is 10.1 Å². The molecule has 0 saturated heterocycles. The van der Waals surface area contributed by atoms with E-state index >= 15 is 0 Å². The third-order valence-electron chi connectivity index (χ3n) is 6.65. The normalized spacial score (nSPS) is 32.3. The van der Waals surface area contributed by atoms with Gasteiger partial charge in [-0.15, -0.1) is 0 Å². The number of rotatable bonds is 6. The Balaban J connectivity index is 1.37. The molecule has 5 rings (SSSR count). The Morgan fingerprint density at radius 3 is 2.47 bits per heavy atom. The van der Waals surface area contributed by atoms with Crippen LogP contribution in [0.5, 0.6) is 0 Å². The molecule has 0 heterocycles. The number of ether oxygens (including phenoxy) is 1. The standard InChI is InChI=1S/C21H27BrN2O5S/c1-24(2)30(27,28)17-5-3-4-16(7-17)23-18(25)12-29-19(26)20-8-14-6-15(9-20)11-21(22,10-14)13-20/h3-5,7,14-15H,6,8-13H2,1-2H3,(H,23,25)/t14-,15-,20?,21?/m1/s1. The Bertz CT molecular complexity index is 963. The van der Waals surface area contributed by atoms with E-state index in [1.807, 2.05) is 0 Å². The van der Waals surface area contributed by atoms with Crippen molar-refractivity contribution in [3.63, 3.8) is 0 Å². The van der Waals surface area contributed by atoms with Crippen LogP contribution in [0.3, 0.4) is 0 Å². The molecule has 0 aromatic heterocycles. The quantitative estimate of drug-likeness (QED) is 0.480. The van der Waals surface area contributed by atoms with Crippen LogP contribution in [0.2, 0.25) is 0 Å². The maximum Gasteiger partial charge on any atom is 0.312 e. The Labute approximate surface area is 185 Å². The van der Waals surface area contributed by atoms with Gasteiger partial charge in [-0.2, -0.15) is 0 Å². The molecule has 4 bridgehead atoms. The summed E-state index contributed by atoms with van der Waals surface area (Å²) in [5.41, 5.74) is -0.138. The fourth-order valence-corrected chi connectivity index (χ4v) is 8.22. The van der Waals surface area contributed by atoms with Crippen LogP contribution in [0.25, 0.3) is 0 Å². The van der Waals surface area contributed by atoms with Crippen LogP contribution in [0.1, 0.15) is 38.5 Å². The van der Waals surface area contributed by atoms with Crippen molar-refractivity contribution >= 4 is 43.5 Å². The molecule has 4 fully saturated rings. The number of alkyl halides is 1. The van der Waals surface area contributed by atoms with Crippen molar-refractivity contribution in [2.24, 2.45) is 17.3 Å². The largest absolute Gasteiger partial charge is 0.455 e. The fourth-order valence-electron chi connectivity index (χ4n) is 5.82. The molecular weight excluding hydrogens is 472 g/mol. The number of esters is 1. The van der Waals surface area contributed by atoms with Gasteiger partial charge in [0.05, 0.1) is 10.3 Å². The summed E-state index contributed by atoms with van der Waals surface area (Å²) >= 11 is 3.88. The number of carbonyl (C=O) groups is 2. The first kappa shape index (κ1) is 21.8. The summed E-state index contributed by atoms with van der Waals surface area (Å²) in [7, 11) is -0.709. The molecule has 1 N–H and O–H groups in total. The predicted octanol–water partition coefficient (Wildman–Crippen LogP) is 3.15. The molecule has 0 spiro atoms. The van der Waals surface area contributed by atoms with E-state index in [1.54, 1.807) is 12.1 Å². The molecule has 4 aliphatic carbocycles. The molecule has 2 atom stereocenters. The molecule has 0 unspecified atom stereocenters. The lowest BCUT2D eigenvalue weighted by Gasteiger charge is -2.58. The number of nitrogens with zero attached hydrogens (tertiary/aromatic N) is 1. The number of nitrogens with one attached hydrogen (secondary N) is 1. The molecule has 30 heavy (non-hydrogen) atoms. The van der Waals surface area contributed by atoms with Crippen molar-refractivity contribution in [2.45, 2.75) is 47.7 Å². The van der Waals surface area contributed by atoms with Crippen LogP contribution in [-0.4, -0.2) is 49.6 Å². The second-order valence-electron chi connectivity index (χ2n) is 9.33. The van der Waals surface area contributed by atoms with Crippen molar-refractivity contribution in [1.29, 1.82) is 0 Å². The summed E-state index contributed by atoms with van der Waals surface area (Å²) in [5, 5.41) is 2.62. The zero-order valence-corrected chi connectivity index (χ0v) is 19.6. The smallest absolute Gasteiger partial charge is 0.312 e. The minimum atomic E-state index is -3.60. The van der Waals surface area contributed by atoms with Crippen molar-refractivity contribution in [1.82, 2.24) is 4.31 Å². The number of sulfonamides is 1. The van der Waals surface area contributed by atoms with Crippen LogP contribution in [0, 0.1) is 17.3 Å². The number of anilines is 1. The average Bonchev–Trinajstić information content (AvgIpc) is 2.64. The van der Waals surface area contributed by atoms with E-state index in [9.17, 15) is 18.0 Å². The Hall–Kier alpha value is -1.45. The van der Waals surface area contributed by atoms with Crippen LogP contribution in [-0.2, 0) is 24.3 Å². The Morgan fingerprint density at radius 1 is 1.20 bits per heavy atom. The maximum absolute atomic E-state index is 12.9. The van der Waals surface area contributed by atoms with E-state index in [0.29, 0.717) is 17.5 Å². The van der Waals surface area contributed by atoms with Crippen LogP contribution in [0.15, 0.2) is 29.2 Å². The van der Waals surface area contributed by atoms with Crippen molar-refractivity contribution in [2.75, 3.05) is 26.0 Å². The lowest BCUT2D eigenvalue weighted by Crippen LogP contribution is -2.56. The van der Waals surface area contributed by atoms with Gasteiger partial charge in [-0.3, -0.25) is 9.59 Å². The van der Waals surface area contributed by atoms with E-state index in [4.69, 9.17) is 4.74 Å². The number of hydrogen-bond acceptors (Lipinski definition) is 5. The number of hydrogen-bond donors (Lipinski definition) is 1. The minimum Gasteiger partial charge on any atom is -0.455 e. The monoisotopic (exact) mass is 498 g/mol. The molecule has 164 valence electrons. The third kappa shape index (κ3) is 4.03. The van der Waals surface area contributed by atoms with Crippen LogP contribution < -0.4 is 5.32 Å². The molecule has 4 saturated carbocycles. The number of halogens is 1. The summed E-state index contributed by atoms with van der Waals surface area (Å²) in [6, 6.07) is 6.02. The van der Waals surface area contributed by atoms with Gasteiger partial charge in [0.2, 0.25) is 10.0 Å². The lowest BCUT2D eigenvalue weighted by molar-refractivity contribution is -0.170. The predicted molar refractivity (Wildman–Crippen MR) is 116 cm³/mol. The van der Waals surface area contributed by atoms with Gasteiger partial charge in [-0.05, 0) is 68.6 Å². The summed E-state index contributed by atoms with van der Waals surface area (Å²) in [5.74, 6) is 0.335. The Morgan fingerprint density at radius 2 is 1.87 bits per heavy atom. The van der Waals surface area contributed by atoms with Gasteiger partial charge in [0.25, 0.3) is 5.91 Å². The zero-order chi connectivity index (χ0) is 21.7. The summed E-state index contributed by atoms with van der Waals surface area (Å²) in [4.78, 5) is 25.4. The summed E-state index contributed by atoms with van der Waals surface area (Å²) in [6.45, 7) is -0.379. The van der Waals surface area contributed by atoms with Gasteiger partial charge in [0.1, 0.15) is 0 Å². The number of amides is 1. The highest BCUT2D eigenvalue weighted by Crippen LogP contribution is 2.64. The highest BCUT2D eigenvalue weighted by Gasteiger charge is 2.60. The van der Waals surface area contributed by atoms with Crippen molar-refractivity contribution < 1.29 is 22.7 Å². The highest BCUT2D eigenvalue weighted by atomic mass is 79.9. The van der Waals surface area contributed by atoms with Gasteiger partial charge in [-0.1, -0.05) is 22.0 Å². The molecule has 4 aliphatic rings. The van der Waals surface area contributed by atoms with Crippen molar-refractivity contribution in [3.8, 4) is 0 Å². The summed E-state index contributed by atoms with van der Waals surface area (Å²) in [6.07, 6.45) is 5.90. The first-order valence-corrected chi connectivity index (χ1v) is 12.4.